The molecule has 9 heteroatoms. The van der Waals surface area contributed by atoms with Crippen molar-refractivity contribution in [1.29, 1.82) is 0 Å². The molecule has 2 saturated heterocycles. The van der Waals surface area contributed by atoms with Crippen molar-refractivity contribution in [3.63, 3.8) is 0 Å². The van der Waals surface area contributed by atoms with E-state index in [0.29, 0.717) is 6.42 Å². The molecule has 2 unspecified atom stereocenters. The fourth-order valence-electron chi connectivity index (χ4n) is 3.81. The number of rotatable bonds is 1. The van der Waals surface area contributed by atoms with Gasteiger partial charge in [-0.3, -0.25) is 4.90 Å². The zero-order valence-corrected chi connectivity index (χ0v) is 17.8. The number of carboxylic acid groups (broad SMARTS) is 1. The molecule has 2 fully saturated rings. The van der Waals surface area contributed by atoms with Crippen molar-refractivity contribution in [3.05, 3.63) is 11.5 Å². The van der Waals surface area contributed by atoms with Gasteiger partial charge in [0.15, 0.2) is 0 Å². The predicted molar refractivity (Wildman–Crippen MR) is 104 cm³/mol. The van der Waals surface area contributed by atoms with Gasteiger partial charge in [-0.25, -0.2) is 9.59 Å². The van der Waals surface area contributed by atoms with Crippen molar-refractivity contribution in [2.24, 2.45) is 0 Å². The van der Waals surface area contributed by atoms with Gasteiger partial charge in [0.1, 0.15) is 5.60 Å². The minimum atomic E-state index is -0.980. The molecule has 0 spiro atoms. The van der Waals surface area contributed by atoms with Crippen LogP contribution in [-0.4, -0.2) is 76.2 Å². The van der Waals surface area contributed by atoms with Crippen LogP contribution in [-0.2, 0) is 14.0 Å². The van der Waals surface area contributed by atoms with Gasteiger partial charge in [-0.15, -0.1) is 0 Å². The van der Waals surface area contributed by atoms with Gasteiger partial charge in [0.25, 0.3) is 0 Å². The fourth-order valence-corrected chi connectivity index (χ4v) is 3.81. The number of carbonyl (C=O) groups is 2. The highest BCUT2D eigenvalue weighted by Crippen LogP contribution is 2.41. The van der Waals surface area contributed by atoms with Crippen LogP contribution in [0.25, 0.3) is 0 Å². The number of hydrogen-bond donors (Lipinski definition) is 1. The Balaban J connectivity index is 1.87. The first kappa shape index (κ1) is 21.0. The Bertz CT molecular complexity index is 683. The van der Waals surface area contributed by atoms with Gasteiger partial charge in [-0.05, 0) is 60.4 Å². The van der Waals surface area contributed by atoms with Crippen LogP contribution in [0.5, 0.6) is 0 Å². The van der Waals surface area contributed by atoms with Gasteiger partial charge >= 0.3 is 19.3 Å². The molecule has 0 saturated carbocycles. The largest absolute Gasteiger partial charge is 0.490 e. The summed E-state index contributed by atoms with van der Waals surface area (Å²) in [7, 11) is -0.493. The molecule has 3 heterocycles. The third-order valence-corrected chi connectivity index (χ3v) is 5.90. The summed E-state index contributed by atoms with van der Waals surface area (Å²) in [6.45, 7) is 13.9. The van der Waals surface area contributed by atoms with Gasteiger partial charge in [0, 0.05) is 13.1 Å². The molecule has 0 aromatic rings. The van der Waals surface area contributed by atoms with Crippen molar-refractivity contribution in [1.82, 2.24) is 9.80 Å². The van der Waals surface area contributed by atoms with Gasteiger partial charge < -0.3 is 24.1 Å². The van der Waals surface area contributed by atoms with E-state index in [0.717, 1.165) is 5.47 Å². The van der Waals surface area contributed by atoms with E-state index in [1.54, 1.807) is 4.90 Å². The van der Waals surface area contributed by atoms with Crippen molar-refractivity contribution in [2.75, 3.05) is 13.1 Å². The van der Waals surface area contributed by atoms with E-state index in [1.807, 2.05) is 54.5 Å². The lowest BCUT2D eigenvalue weighted by Gasteiger charge is -2.48. The SMILES string of the molecule is CC(C)(C)OC(=O)N1C2C=C(B3OC(C)(C)C(C)(C)O3)CC1CN(C(=O)O)C2. The van der Waals surface area contributed by atoms with Crippen LogP contribution in [0.1, 0.15) is 54.9 Å². The Labute approximate surface area is 166 Å². The summed E-state index contributed by atoms with van der Waals surface area (Å²) < 4.78 is 17.9. The number of amides is 2. The number of carbonyl (C=O) groups excluding carboxylic acids is 1. The first-order chi connectivity index (χ1) is 12.7. The van der Waals surface area contributed by atoms with Crippen LogP contribution >= 0.6 is 0 Å². The summed E-state index contributed by atoms with van der Waals surface area (Å²) >= 11 is 0. The van der Waals surface area contributed by atoms with E-state index in [1.165, 1.54) is 4.90 Å². The number of fused-ring (bicyclic) bond motifs is 2. The first-order valence-corrected chi connectivity index (χ1v) is 9.75. The van der Waals surface area contributed by atoms with Crippen molar-refractivity contribution < 1.29 is 28.7 Å². The maximum Gasteiger partial charge on any atom is 0.490 e. The number of nitrogens with zero attached hydrogens (tertiary/aromatic N) is 2. The molecule has 156 valence electrons. The molecule has 3 rings (SSSR count). The summed E-state index contributed by atoms with van der Waals surface area (Å²) in [5.74, 6) is 0. The van der Waals surface area contributed by atoms with Crippen molar-refractivity contribution in [2.45, 2.75) is 83.8 Å². The van der Waals surface area contributed by atoms with Crippen LogP contribution in [0.4, 0.5) is 9.59 Å². The highest BCUT2D eigenvalue weighted by atomic mass is 16.7. The molecule has 3 aliphatic heterocycles. The second kappa shape index (κ2) is 6.66. The average molecular weight is 394 g/mol. The number of hydrogen-bond acceptors (Lipinski definition) is 5. The van der Waals surface area contributed by atoms with E-state index < -0.39 is 42.1 Å². The van der Waals surface area contributed by atoms with Gasteiger partial charge in [0.2, 0.25) is 0 Å². The molecule has 0 radical (unpaired) electrons. The normalized spacial score (nSPS) is 28.8. The van der Waals surface area contributed by atoms with Crippen molar-refractivity contribution in [3.8, 4) is 0 Å². The monoisotopic (exact) mass is 394 g/mol. The zero-order valence-electron chi connectivity index (χ0n) is 17.8. The Hall–Kier alpha value is -1.74. The van der Waals surface area contributed by atoms with E-state index in [4.69, 9.17) is 14.0 Å². The molecule has 0 aromatic heterocycles. The first-order valence-electron chi connectivity index (χ1n) is 9.75. The molecule has 2 bridgehead atoms. The Morgan fingerprint density at radius 2 is 1.75 bits per heavy atom. The predicted octanol–water partition coefficient (Wildman–Crippen LogP) is 2.92. The Kier molecular flexibility index (Phi) is 4.99. The molecule has 1 N–H and O–H groups in total. The third-order valence-electron chi connectivity index (χ3n) is 5.90. The van der Waals surface area contributed by atoms with E-state index in [9.17, 15) is 14.7 Å². The fraction of sp³-hybridized carbons (Fsp3) is 0.789. The molecule has 0 aliphatic carbocycles. The summed E-state index contributed by atoms with van der Waals surface area (Å²) in [6.07, 6.45) is 0.997. The summed E-state index contributed by atoms with van der Waals surface area (Å²) in [5.41, 5.74) is -0.571. The van der Waals surface area contributed by atoms with Crippen LogP contribution in [0.3, 0.4) is 0 Å². The summed E-state index contributed by atoms with van der Waals surface area (Å²) in [5, 5.41) is 9.44. The van der Waals surface area contributed by atoms with Gasteiger partial charge in [-0.1, -0.05) is 6.08 Å². The molecular weight excluding hydrogens is 363 g/mol. The Morgan fingerprint density at radius 1 is 1.18 bits per heavy atom. The molecule has 2 atom stereocenters. The molecule has 28 heavy (non-hydrogen) atoms. The third kappa shape index (κ3) is 3.87. The zero-order chi connectivity index (χ0) is 21.1. The minimum Gasteiger partial charge on any atom is -0.465 e. The highest BCUT2D eigenvalue weighted by Gasteiger charge is 2.54. The molecule has 0 aromatic carbocycles. The van der Waals surface area contributed by atoms with E-state index in [2.05, 4.69) is 0 Å². The second-order valence-corrected chi connectivity index (χ2v) is 9.83. The molecule has 2 amide bonds. The second-order valence-electron chi connectivity index (χ2n) is 9.83. The minimum absolute atomic E-state index is 0.202. The molecule has 3 aliphatic rings. The lowest BCUT2D eigenvalue weighted by Crippen LogP contribution is -2.63. The average Bonchev–Trinajstić information content (AvgIpc) is 2.71. The van der Waals surface area contributed by atoms with Crippen LogP contribution in [0.2, 0.25) is 0 Å². The van der Waals surface area contributed by atoms with Gasteiger partial charge in [-0.2, -0.15) is 0 Å². The van der Waals surface area contributed by atoms with Crippen LogP contribution in [0.15, 0.2) is 11.5 Å². The van der Waals surface area contributed by atoms with Crippen LogP contribution in [0, 0.1) is 0 Å². The molecular formula is C19H31BN2O6. The van der Waals surface area contributed by atoms with Crippen molar-refractivity contribution >= 4 is 19.3 Å². The number of ether oxygens (including phenoxy) is 1. The maximum atomic E-state index is 12.8. The lowest BCUT2D eigenvalue weighted by molar-refractivity contribution is -0.0141. The van der Waals surface area contributed by atoms with E-state index in [-0.39, 0.29) is 19.1 Å². The lowest BCUT2D eigenvalue weighted by atomic mass is 9.71. The number of piperazine rings is 1. The smallest absolute Gasteiger partial charge is 0.465 e. The topological polar surface area (TPSA) is 88.5 Å². The Morgan fingerprint density at radius 3 is 2.21 bits per heavy atom. The quantitative estimate of drug-likeness (QED) is 0.688. The molecule has 8 nitrogen and oxygen atoms in total. The van der Waals surface area contributed by atoms with Crippen LogP contribution < -0.4 is 0 Å². The van der Waals surface area contributed by atoms with Gasteiger partial charge in [0.05, 0.1) is 23.3 Å². The summed E-state index contributed by atoms with van der Waals surface area (Å²) in [6, 6.07) is -0.726. The highest BCUT2D eigenvalue weighted by molar-refractivity contribution is 6.54. The van der Waals surface area contributed by atoms with E-state index >= 15 is 0 Å². The maximum absolute atomic E-state index is 12.8. The summed E-state index contributed by atoms with van der Waals surface area (Å²) in [4.78, 5) is 27.3. The standard InChI is InChI=1S/C19H31BN2O6/c1-17(2,3)26-16(25)22-13-8-12(9-14(22)11-21(10-13)15(23)24)20-27-18(4,5)19(6,7)28-20/h8,13-14H,9-11H2,1-7H3,(H,23,24).